The van der Waals surface area contributed by atoms with E-state index in [0.29, 0.717) is 11.4 Å². The van der Waals surface area contributed by atoms with Crippen LogP contribution in [0.5, 0.6) is 0 Å². The van der Waals surface area contributed by atoms with Gasteiger partial charge in [-0.15, -0.1) is 0 Å². The number of amides is 1. The van der Waals surface area contributed by atoms with Crippen molar-refractivity contribution in [1.82, 2.24) is 15.1 Å². The molecule has 3 aromatic rings. The number of nitrogens with zero attached hydrogens (tertiary/aromatic N) is 3. The Balaban J connectivity index is 1.57. The highest BCUT2D eigenvalue weighted by Gasteiger charge is 2.30. The number of pyridine rings is 1. The Morgan fingerprint density at radius 2 is 2.04 bits per heavy atom. The minimum atomic E-state index is -4.47. The molecule has 0 aliphatic carbocycles. The predicted molar refractivity (Wildman–Crippen MR) is 85.9 cm³/mol. The van der Waals surface area contributed by atoms with E-state index in [0.717, 1.165) is 12.1 Å². The van der Waals surface area contributed by atoms with Crippen molar-refractivity contribution in [3.8, 4) is 11.4 Å². The SMILES string of the molecule is O=C(CCc1nc(-c2cccnc2)no1)Nc1cccc(C(F)(F)F)c1. The quantitative estimate of drug-likeness (QED) is 0.748. The third-order valence-corrected chi connectivity index (χ3v) is 3.43. The Kier molecular flexibility index (Phi) is 4.97. The van der Waals surface area contributed by atoms with E-state index in [4.69, 9.17) is 4.52 Å². The third-order valence-electron chi connectivity index (χ3n) is 3.43. The Hall–Kier alpha value is -3.23. The topological polar surface area (TPSA) is 80.9 Å². The summed E-state index contributed by atoms with van der Waals surface area (Å²) in [4.78, 5) is 20.0. The zero-order chi connectivity index (χ0) is 18.6. The number of rotatable bonds is 5. The van der Waals surface area contributed by atoms with Crippen molar-refractivity contribution in [3.63, 3.8) is 0 Å². The van der Waals surface area contributed by atoms with Gasteiger partial charge in [0.1, 0.15) is 0 Å². The van der Waals surface area contributed by atoms with Crippen molar-refractivity contribution >= 4 is 11.6 Å². The highest BCUT2D eigenvalue weighted by molar-refractivity contribution is 5.90. The fourth-order valence-electron chi connectivity index (χ4n) is 2.19. The van der Waals surface area contributed by atoms with Crippen LogP contribution in [0.2, 0.25) is 0 Å². The fraction of sp³-hybridized carbons (Fsp3) is 0.176. The Morgan fingerprint density at radius 1 is 1.19 bits per heavy atom. The summed E-state index contributed by atoms with van der Waals surface area (Å²) in [5, 5.41) is 6.23. The first-order valence-electron chi connectivity index (χ1n) is 7.62. The molecular weight excluding hydrogens is 349 g/mol. The molecule has 0 bridgehead atoms. The van der Waals surface area contributed by atoms with Gasteiger partial charge in [0, 0.05) is 36.5 Å². The van der Waals surface area contributed by atoms with Crippen molar-refractivity contribution in [2.45, 2.75) is 19.0 Å². The van der Waals surface area contributed by atoms with E-state index < -0.39 is 17.6 Å². The number of alkyl halides is 3. The molecule has 0 spiro atoms. The van der Waals surface area contributed by atoms with Gasteiger partial charge in [0.25, 0.3) is 0 Å². The maximum absolute atomic E-state index is 12.7. The van der Waals surface area contributed by atoms with Crippen molar-refractivity contribution in [2.75, 3.05) is 5.32 Å². The summed E-state index contributed by atoms with van der Waals surface area (Å²) in [6.07, 6.45) is -1.12. The van der Waals surface area contributed by atoms with Crippen LogP contribution in [0, 0.1) is 0 Å². The zero-order valence-corrected chi connectivity index (χ0v) is 13.3. The largest absolute Gasteiger partial charge is 0.416 e. The molecule has 0 aliphatic heterocycles. The van der Waals surface area contributed by atoms with Gasteiger partial charge in [-0.25, -0.2) is 0 Å². The monoisotopic (exact) mass is 362 g/mol. The molecule has 0 unspecified atom stereocenters. The van der Waals surface area contributed by atoms with E-state index in [2.05, 4.69) is 20.4 Å². The molecule has 26 heavy (non-hydrogen) atoms. The van der Waals surface area contributed by atoms with E-state index in [1.165, 1.54) is 12.1 Å². The maximum Gasteiger partial charge on any atom is 0.416 e. The number of nitrogens with one attached hydrogen (secondary N) is 1. The standard InChI is InChI=1S/C17H13F3N4O2/c18-17(19,20)12-4-1-5-13(9-12)22-14(25)6-7-15-23-16(24-26-15)11-3-2-8-21-10-11/h1-5,8-10H,6-7H2,(H,22,25). The highest BCUT2D eigenvalue weighted by Crippen LogP contribution is 2.30. The minimum Gasteiger partial charge on any atom is -0.339 e. The predicted octanol–water partition coefficient (Wildman–Crippen LogP) is 3.72. The van der Waals surface area contributed by atoms with Gasteiger partial charge in [0.2, 0.25) is 17.6 Å². The fourth-order valence-corrected chi connectivity index (χ4v) is 2.19. The molecule has 0 atom stereocenters. The maximum atomic E-state index is 12.7. The molecule has 134 valence electrons. The van der Waals surface area contributed by atoms with Crippen LogP contribution in [-0.4, -0.2) is 21.0 Å². The highest BCUT2D eigenvalue weighted by atomic mass is 19.4. The molecule has 0 saturated carbocycles. The van der Waals surface area contributed by atoms with E-state index in [9.17, 15) is 18.0 Å². The molecule has 0 aliphatic rings. The molecular formula is C17H13F3N4O2. The molecule has 3 rings (SSSR count). The Bertz CT molecular complexity index is 894. The second-order valence-corrected chi connectivity index (χ2v) is 5.38. The van der Waals surface area contributed by atoms with Crippen LogP contribution < -0.4 is 5.32 Å². The number of anilines is 1. The summed E-state index contributed by atoms with van der Waals surface area (Å²) in [6.45, 7) is 0. The number of hydrogen-bond acceptors (Lipinski definition) is 5. The first kappa shape index (κ1) is 17.6. The second-order valence-electron chi connectivity index (χ2n) is 5.38. The third kappa shape index (κ3) is 4.44. The van der Waals surface area contributed by atoms with Gasteiger partial charge in [0.05, 0.1) is 5.56 Å². The lowest BCUT2D eigenvalue weighted by Crippen LogP contribution is -2.13. The molecule has 2 heterocycles. The number of carbonyl (C=O) groups excluding carboxylic acids is 1. The van der Waals surface area contributed by atoms with Crippen LogP contribution in [-0.2, 0) is 17.4 Å². The van der Waals surface area contributed by atoms with Crippen molar-refractivity contribution < 1.29 is 22.5 Å². The number of aryl methyl sites for hydroxylation is 1. The van der Waals surface area contributed by atoms with Crippen LogP contribution in [0.1, 0.15) is 17.9 Å². The van der Waals surface area contributed by atoms with Gasteiger partial charge in [0.15, 0.2) is 0 Å². The first-order valence-corrected chi connectivity index (χ1v) is 7.62. The Morgan fingerprint density at radius 3 is 2.77 bits per heavy atom. The van der Waals surface area contributed by atoms with Crippen LogP contribution in [0.15, 0.2) is 53.3 Å². The molecule has 1 aromatic carbocycles. The molecule has 9 heteroatoms. The van der Waals surface area contributed by atoms with Gasteiger partial charge in [-0.2, -0.15) is 18.2 Å². The lowest BCUT2D eigenvalue weighted by molar-refractivity contribution is -0.137. The molecule has 0 saturated heterocycles. The van der Waals surface area contributed by atoms with Crippen molar-refractivity contribution in [3.05, 3.63) is 60.2 Å². The van der Waals surface area contributed by atoms with Crippen molar-refractivity contribution in [1.29, 1.82) is 0 Å². The number of aromatic nitrogens is 3. The number of carbonyl (C=O) groups is 1. The molecule has 2 aromatic heterocycles. The minimum absolute atomic E-state index is 0.00901. The average molecular weight is 362 g/mol. The lowest BCUT2D eigenvalue weighted by atomic mass is 10.2. The number of halogens is 3. The molecule has 1 amide bonds. The van der Waals surface area contributed by atoms with Crippen LogP contribution >= 0.6 is 0 Å². The normalized spacial score (nSPS) is 11.3. The van der Waals surface area contributed by atoms with E-state index in [1.54, 1.807) is 24.5 Å². The zero-order valence-electron chi connectivity index (χ0n) is 13.3. The number of benzene rings is 1. The van der Waals surface area contributed by atoms with Crippen LogP contribution in [0.25, 0.3) is 11.4 Å². The number of hydrogen-bond donors (Lipinski definition) is 1. The molecule has 0 radical (unpaired) electrons. The molecule has 1 N–H and O–H groups in total. The second kappa shape index (κ2) is 7.34. The molecule has 6 nitrogen and oxygen atoms in total. The van der Waals surface area contributed by atoms with Gasteiger partial charge in [-0.1, -0.05) is 11.2 Å². The first-order chi connectivity index (χ1) is 12.4. The summed E-state index contributed by atoms with van der Waals surface area (Å²) in [6, 6.07) is 7.94. The van der Waals surface area contributed by atoms with E-state index in [1.807, 2.05) is 0 Å². The van der Waals surface area contributed by atoms with Crippen LogP contribution in [0.4, 0.5) is 18.9 Å². The van der Waals surface area contributed by atoms with Crippen molar-refractivity contribution in [2.24, 2.45) is 0 Å². The van der Waals surface area contributed by atoms with Crippen LogP contribution in [0.3, 0.4) is 0 Å². The summed E-state index contributed by atoms with van der Waals surface area (Å²) in [5.41, 5.74) is -0.0735. The Labute approximate surface area is 146 Å². The van der Waals surface area contributed by atoms with Gasteiger partial charge in [-0.05, 0) is 30.3 Å². The summed E-state index contributed by atoms with van der Waals surface area (Å²) in [5.74, 6) is 0.153. The van der Waals surface area contributed by atoms with E-state index in [-0.39, 0.29) is 24.4 Å². The summed E-state index contributed by atoms with van der Waals surface area (Å²) in [7, 11) is 0. The lowest BCUT2D eigenvalue weighted by Gasteiger charge is -2.09. The van der Waals surface area contributed by atoms with Gasteiger partial charge < -0.3 is 9.84 Å². The average Bonchev–Trinajstić information content (AvgIpc) is 3.09. The molecule has 0 fully saturated rings. The van der Waals surface area contributed by atoms with Gasteiger partial charge in [-0.3, -0.25) is 9.78 Å². The van der Waals surface area contributed by atoms with E-state index >= 15 is 0 Å². The summed E-state index contributed by atoms with van der Waals surface area (Å²) < 4.78 is 43.1. The smallest absolute Gasteiger partial charge is 0.339 e. The summed E-state index contributed by atoms with van der Waals surface area (Å²) >= 11 is 0. The van der Waals surface area contributed by atoms with Gasteiger partial charge >= 0.3 is 6.18 Å².